The molecule has 0 bridgehead atoms. The standard InChI is InChI=1S/C15H16N2O3/c1-9-6-15(2)8-16-11-5-12(18)13(20-3)4-10(11)14(19)17(15)7-9/h4-5,8,18H,1,6-7H2,2-3H3/t15-/m0/s1. The lowest BCUT2D eigenvalue weighted by atomic mass is 9.99. The van der Waals surface area contributed by atoms with Crippen molar-refractivity contribution in [3.8, 4) is 11.5 Å². The zero-order valence-electron chi connectivity index (χ0n) is 11.5. The summed E-state index contributed by atoms with van der Waals surface area (Å²) in [6, 6.07) is 3.00. The highest BCUT2D eigenvalue weighted by molar-refractivity contribution is 6.04. The second kappa shape index (κ2) is 4.10. The zero-order valence-corrected chi connectivity index (χ0v) is 11.5. The van der Waals surface area contributed by atoms with Gasteiger partial charge in [0.1, 0.15) is 0 Å². The van der Waals surface area contributed by atoms with E-state index in [1.807, 2.05) is 6.92 Å². The summed E-state index contributed by atoms with van der Waals surface area (Å²) in [7, 11) is 1.45. The Morgan fingerprint density at radius 1 is 1.50 bits per heavy atom. The first-order valence-corrected chi connectivity index (χ1v) is 6.39. The minimum atomic E-state index is -0.448. The van der Waals surface area contributed by atoms with E-state index in [1.165, 1.54) is 19.2 Å². The first-order chi connectivity index (χ1) is 9.44. The number of benzene rings is 1. The van der Waals surface area contributed by atoms with E-state index in [2.05, 4.69) is 11.6 Å². The van der Waals surface area contributed by atoms with Crippen molar-refractivity contribution in [1.29, 1.82) is 0 Å². The molecule has 1 atom stereocenters. The van der Waals surface area contributed by atoms with Crippen molar-refractivity contribution < 1.29 is 14.6 Å². The summed E-state index contributed by atoms with van der Waals surface area (Å²) in [6.07, 6.45) is 2.47. The molecule has 1 aromatic rings. The van der Waals surface area contributed by atoms with E-state index in [4.69, 9.17) is 4.74 Å². The van der Waals surface area contributed by atoms with Crippen LogP contribution >= 0.6 is 0 Å². The first-order valence-electron chi connectivity index (χ1n) is 6.39. The van der Waals surface area contributed by atoms with Gasteiger partial charge in [0.25, 0.3) is 5.91 Å². The molecule has 0 radical (unpaired) electrons. The lowest BCUT2D eigenvalue weighted by Gasteiger charge is -2.29. The molecule has 20 heavy (non-hydrogen) atoms. The summed E-state index contributed by atoms with van der Waals surface area (Å²) in [6.45, 7) is 6.47. The molecule has 0 spiro atoms. The van der Waals surface area contributed by atoms with Crippen LogP contribution in [0, 0.1) is 0 Å². The third-order valence-electron chi connectivity index (χ3n) is 3.86. The summed E-state index contributed by atoms with van der Waals surface area (Å²) >= 11 is 0. The molecule has 2 heterocycles. The molecule has 2 aliphatic heterocycles. The van der Waals surface area contributed by atoms with Gasteiger partial charge in [-0.3, -0.25) is 9.79 Å². The lowest BCUT2D eigenvalue weighted by Crippen LogP contribution is -2.45. The Morgan fingerprint density at radius 2 is 2.25 bits per heavy atom. The van der Waals surface area contributed by atoms with Gasteiger partial charge >= 0.3 is 0 Å². The van der Waals surface area contributed by atoms with Crippen molar-refractivity contribution in [2.45, 2.75) is 18.9 Å². The van der Waals surface area contributed by atoms with Crippen LogP contribution in [0.1, 0.15) is 23.7 Å². The Hall–Kier alpha value is -2.30. The molecule has 1 aromatic carbocycles. The van der Waals surface area contributed by atoms with Gasteiger partial charge in [-0.2, -0.15) is 0 Å². The number of aromatic hydroxyl groups is 1. The number of aliphatic imine (C=N–C) groups is 1. The molecule has 1 saturated heterocycles. The zero-order chi connectivity index (χ0) is 14.5. The van der Waals surface area contributed by atoms with Crippen molar-refractivity contribution >= 4 is 17.8 Å². The molecule has 3 rings (SSSR count). The van der Waals surface area contributed by atoms with Crippen LogP contribution in [-0.2, 0) is 0 Å². The first kappa shape index (κ1) is 12.7. The Labute approximate surface area is 117 Å². The summed E-state index contributed by atoms with van der Waals surface area (Å²) in [5, 5.41) is 9.82. The predicted octanol–water partition coefficient (Wildman–Crippen LogP) is 2.28. The third kappa shape index (κ3) is 1.70. The van der Waals surface area contributed by atoms with E-state index >= 15 is 0 Å². The molecule has 0 aromatic heterocycles. The molecule has 104 valence electrons. The summed E-state index contributed by atoms with van der Waals surface area (Å²) in [5.41, 5.74) is 1.47. The average Bonchev–Trinajstić information content (AvgIpc) is 2.67. The molecule has 1 fully saturated rings. The number of amides is 1. The van der Waals surface area contributed by atoms with Crippen molar-refractivity contribution in [2.24, 2.45) is 4.99 Å². The summed E-state index contributed by atoms with van der Waals surface area (Å²) < 4.78 is 5.07. The number of nitrogens with zero attached hydrogens (tertiary/aromatic N) is 2. The number of fused-ring (bicyclic) bond motifs is 2. The van der Waals surface area contributed by atoms with Crippen LogP contribution in [-0.4, -0.2) is 41.3 Å². The molecule has 1 N–H and O–H groups in total. The van der Waals surface area contributed by atoms with Crippen molar-refractivity contribution in [3.05, 3.63) is 29.8 Å². The highest BCUT2D eigenvalue weighted by Crippen LogP contribution is 2.40. The summed E-state index contributed by atoms with van der Waals surface area (Å²) in [5.74, 6) is 0.138. The average molecular weight is 272 g/mol. The van der Waals surface area contributed by atoms with Crippen molar-refractivity contribution in [1.82, 2.24) is 4.90 Å². The fraction of sp³-hybridized carbons (Fsp3) is 0.333. The largest absolute Gasteiger partial charge is 0.504 e. The number of phenols is 1. The highest BCUT2D eigenvalue weighted by Gasteiger charge is 2.42. The van der Waals surface area contributed by atoms with Gasteiger partial charge in [-0.15, -0.1) is 0 Å². The van der Waals surface area contributed by atoms with E-state index in [0.29, 0.717) is 24.2 Å². The van der Waals surface area contributed by atoms with Crippen LogP contribution in [0.5, 0.6) is 11.5 Å². The van der Waals surface area contributed by atoms with Gasteiger partial charge in [-0.25, -0.2) is 0 Å². The Kier molecular flexibility index (Phi) is 2.61. The maximum Gasteiger partial charge on any atom is 0.257 e. The van der Waals surface area contributed by atoms with Crippen LogP contribution in [0.4, 0.5) is 5.69 Å². The van der Waals surface area contributed by atoms with Crippen LogP contribution in [0.2, 0.25) is 0 Å². The van der Waals surface area contributed by atoms with Gasteiger partial charge in [-0.1, -0.05) is 12.2 Å². The number of hydrogen-bond donors (Lipinski definition) is 1. The molecule has 0 unspecified atom stereocenters. The van der Waals surface area contributed by atoms with Crippen LogP contribution in [0.15, 0.2) is 29.3 Å². The van der Waals surface area contributed by atoms with Gasteiger partial charge in [0.15, 0.2) is 11.5 Å². The number of phenolic OH excluding ortho intramolecular Hbond substituents is 1. The number of ether oxygens (including phenoxy) is 1. The second-order valence-corrected chi connectivity index (χ2v) is 5.47. The molecule has 0 saturated carbocycles. The van der Waals surface area contributed by atoms with Gasteiger partial charge in [0, 0.05) is 18.8 Å². The fourth-order valence-electron chi connectivity index (χ4n) is 2.83. The normalized spacial score (nSPS) is 24.4. The topological polar surface area (TPSA) is 62.1 Å². The third-order valence-corrected chi connectivity index (χ3v) is 3.86. The quantitative estimate of drug-likeness (QED) is 0.798. The SMILES string of the molecule is C=C1CN2C(=O)c3cc(OC)c(O)cc3N=C[C@]2(C)C1. The molecule has 5 nitrogen and oxygen atoms in total. The predicted molar refractivity (Wildman–Crippen MR) is 76.0 cm³/mol. The molecule has 5 heteroatoms. The smallest absolute Gasteiger partial charge is 0.257 e. The monoisotopic (exact) mass is 272 g/mol. The van der Waals surface area contributed by atoms with Gasteiger partial charge in [0.2, 0.25) is 0 Å². The van der Waals surface area contributed by atoms with Crippen LogP contribution < -0.4 is 4.74 Å². The van der Waals surface area contributed by atoms with E-state index in [9.17, 15) is 9.90 Å². The molecular formula is C15H16N2O3. The molecule has 0 aliphatic carbocycles. The van der Waals surface area contributed by atoms with Crippen LogP contribution in [0.25, 0.3) is 0 Å². The number of methoxy groups -OCH3 is 1. The molecular weight excluding hydrogens is 256 g/mol. The maximum absolute atomic E-state index is 12.7. The number of hydrogen-bond acceptors (Lipinski definition) is 4. The Bertz CT molecular complexity index is 651. The minimum Gasteiger partial charge on any atom is -0.504 e. The van der Waals surface area contributed by atoms with Crippen molar-refractivity contribution in [3.63, 3.8) is 0 Å². The van der Waals surface area contributed by atoms with E-state index in [0.717, 1.165) is 5.57 Å². The summed E-state index contributed by atoms with van der Waals surface area (Å²) in [4.78, 5) is 18.9. The van der Waals surface area contributed by atoms with E-state index < -0.39 is 5.54 Å². The van der Waals surface area contributed by atoms with Gasteiger partial charge in [0.05, 0.1) is 23.9 Å². The maximum atomic E-state index is 12.7. The number of carbonyl (C=O) groups excluding carboxylic acids is 1. The number of carbonyl (C=O) groups is 1. The Balaban J connectivity index is 2.16. The lowest BCUT2D eigenvalue weighted by molar-refractivity contribution is 0.0714. The van der Waals surface area contributed by atoms with E-state index in [-0.39, 0.29) is 17.4 Å². The van der Waals surface area contributed by atoms with Gasteiger partial charge in [-0.05, 0) is 19.4 Å². The minimum absolute atomic E-state index is 0.0205. The van der Waals surface area contributed by atoms with Crippen LogP contribution in [0.3, 0.4) is 0 Å². The molecule has 1 amide bonds. The second-order valence-electron chi connectivity index (χ2n) is 5.47. The van der Waals surface area contributed by atoms with Crippen molar-refractivity contribution in [2.75, 3.05) is 13.7 Å². The Morgan fingerprint density at radius 3 is 2.95 bits per heavy atom. The fourth-order valence-corrected chi connectivity index (χ4v) is 2.83. The van der Waals surface area contributed by atoms with E-state index in [1.54, 1.807) is 11.1 Å². The highest BCUT2D eigenvalue weighted by atomic mass is 16.5. The molecule has 2 aliphatic rings. The number of rotatable bonds is 1. The van der Waals surface area contributed by atoms with Gasteiger partial charge < -0.3 is 14.7 Å².